The summed E-state index contributed by atoms with van der Waals surface area (Å²) in [6.07, 6.45) is 0.515. The van der Waals surface area contributed by atoms with Gasteiger partial charge in [0.2, 0.25) is 0 Å². The number of Topliss-reactive ketones (excluding diaryl/α,β-unsaturated/α-hetero) is 1. The number of aliphatic hydroxyl groups is 1. The van der Waals surface area contributed by atoms with Crippen molar-refractivity contribution in [2.75, 3.05) is 20.3 Å². The average Bonchev–Trinajstić information content (AvgIpc) is 2.93. The zero-order chi connectivity index (χ0) is 19.4. The molecule has 0 bridgehead atoms. The number of nitrogens with zero attached hydrogens (tertiary/aromatic N) is 1. The highest BCUT2D eigenvalue weighted by molar-refractivity contribution is 6.46. The second-order valence-corrected chi connectivity index (χ2v) is 6.26. The molecule has 1 fully saturated rings. The van der Waals surface area contributed by atoms with E-state index in [0.29, 0.717) is 24.2 Å². The van der Waals surface area contributed by atoms with E-state index >= 15 is 0 Å². The molecule has 0 saturated carbocycles. The number of hydrogen-bond acceptors (Lipinski definition) is 4. The molecule has 1 aliphatic rings. The highest BCUT2D eigenvalue weighted by atomic mass is 19.1. The monoisotopic (exact) mass is 369 g/mol. The van der Waals surface area contributed by atoms with Crippen molar-refractivity contribution >= 4 is 17.4 Å². The molecule has 27 heavy (non-hydrogen) atoms. The molecule has 0 unspecified atom stereocenters. The molecule has 1 N–H and O–H groups in total. The minimum atomic E-state index is -0.849. The van der Waals surface area contributed by atoms with Crippen LogP contribution in [0.4, 0.5) is 4.39 Å². The van der Waals surface area contributed by atoms with E-state index in [-0.39, 0.29) is 17.9 Å². The number of aliphatic hydroxyl groups excluding tert-OH is 1. The molecule has 6 heteroatoms. The van der Waals surface area contributed by atoms with Gasteiger partial charge in [0.15, 0.2) is 0 Å². The topological polar surface area (TPSA) is 66.8 Å². The molecule has 1 atom stereocenters. The van der Waals surface area contributed by atoms with Crippen LogP contribution in [-0.4, -0.2) is 42.0 Å². The molecule has 1 aliphatic heterocycles. The Balaban J connectivity index is 2.12. The van der Waals surface area contributed by atoms with Gasteiger partial charge >= 0.3 is 0 Å². The summed E-state index contributed by atoms with van der Waals surface area (Å²) in [6, 6.07) is 13.4. The number of rotatable bonds is 6. The SMILES string of the molecule is COCCCN1C(=O)C(=O)C(=C(O)c2ccccc2)[C@H]1c1cccc(F)c1. The number of carbonyl (C=O) groups is 2. The molecule has 5 nitrogen and oxygen atoms in total. The largest absolute Gasteiger partial charge is 0.507 e. The lowest BCUT2D eigenvalue weighted by molar-refractivity contribution is -0.140. The number of halogens is 1. The molecular weight excluding hydrogens is 349 g/mol. The standard InChI is InChI=1S/C21H20FNO4/c1-27-12-6-11-23-18(15-9-5-10-16(22)13-15)17(20(25)21(23)26)19(24)14-7-3-2-4-8-14/h2-5,7-10,13,18,24H,6,11-12H2,1H3/t18-/m1/s1. The Kier molecular flexibility index (Phi) is 5.66. The van der Waals surface area contributed by atoms with Gasteiger partial charge in [-0.15, -0.1) is 0 Å². The van der Waals surface area contributed by atoms with Crippen LogP contribution >= 0.6 is 0 Å². The third-order valence-electron chi connectivity index (χ3n) is 4.50. The van der Waals surface area contributed by atoms with Gasteiger partial charge in [-0.3, -0.25) is 9.59 Å². The summed E-state index contributed by atoms with van der Waals surface area (Å²) >= 11 is 0. The van der Waals surface area contributed by atoms with Crippen LogP contribution in [0.15, 0.2) is 60.2 Å². The minimum Gasteiger partial charge on any atom is -0.507 e. The number of ether oxygens (including phenoxy) is 1. The van der Waals surface area contributed by atoms with E-state index < -0.39 is 23.5 Å². The van der Waals surface area contributed by atoms with Gasteiger partial charge in [-0.1, -0.05) is 42.5 Å². The van der Waals surface area contributed by atoms with Gasteiger partial charge in [0, 0.05) is 25.8 Å². The molecule has 1 amide bonds. The first kappa shape index (κ1) is 18.8. The Labute approximate surface area is 156 Å². The van der Waals surface area contributed by atoms with E-state index in [9.17, 15) is 19.1 Å². The molecule has 0 aliphatic carbocycles. The van der Waals surface area contributed by atoms with Crippen molar-refractivity contribution in [1.29, 1.82) is 0 Å². The molecule has 0 radical (unpaired) electrons. The zero-order valence-electron chi connectivity index (χ0n) is 14.9. The Hall–Kier alpha value is -2.99. The first-order valence-electron chi connectivity index (χ1n) is 8.63. The summed E-state index contributed by atoms with van der Waals surface area (Å²) < 4.78 is 18.8. The van der Waals surface area contributed by atoms with Crippen LogP contribution in [-0.2, 0) is 14.3 Å². The van der Waals surface area contributed by atoms with E-state index in [1.54, 1.807) is 43.5 Å². The van der Waals surface area contributed by atoms with E-state index in [0.717, 1.165) is 0 Å². The Morgan fingerprint density at radius 1 is 1.15 bits per heavy atom. The fourth-order valence-corrected chi connectivity index (χ4v) is 3.26. The summed E-state index contributed by atoms with van der Waals surface area (Å²) in [4.78, 5) is 26.7. The van der Waals surface area contributed by atoms with Gasteiger partial charge in [0.05, 0.1) is 11.6 Å². The van der Waals surface area contributed by atoms with Crippen LogP contribution in [0.5, 0.6) is 0 Å². The Morgan fingerprint density at radius 3 is 2.56 bits per heavy atom. The van der Waals surface area contributed by atoms with E-state index in [2.05, 4.69) is 0 Å². The highest BCUT2D eigenvalue weighted by Gasteiger charge is 2.45. The second-order valence-electron chi connectivity index (χ2n) is 6.26. The fraction of sp³-hybridized carbons (Fsp3) is 0.238. The summed E-state index contributed by atoms with van der Waals surface area (Å²) in [6.45, 7) is 0.669. The summed E-state index contributed by atoms with van der Waals surface area (Å²) in [5.74, 6) is -2.23. The third kappa shape index (κ3) is 3.75. The lowest BCUT2D eigenvalue weighted by Gasteiger charge is -2.25. The van der Waals surface area contributed by atoms with Gasteiger partial charge in [0.1, 0.15) is 11.6 Å². The number of hydrogen-bond donors (Lipinski definition) is 1. The van der Waals surface area contributed by atoms with Crippen LogP contribution in [0.2, 0.25) is 0 Å². The predicted octanol–water partition coefficient (Wildman–Crippen LogP) is 3.28. The molecule has 2 aromatic rings. The molecule has 2 aromatic carbocycles. The first-order chi connectivity index (χ1) is 13.0. The molecule has 1 saturated heterocycles. The number of methoxy groups -OCH3 is 1. The van der Waals surface area contributed by atoms with Gasteiger partial charge in [0.25, 0.3) is 11.7 Å². The highest BCUT2D eigenvalue weighted by Crippen LogP contribution is 2.39. The van der Waals surface area contributed by atoms with Gasteiger partial charge in [-0.2, -0.15) is 0 Å². The quantitative estimate of drug-likeness (QED) is 0.367. The van der Waals surface area contributed by atoms with Crippen LogP contribution in [0.3, 0.4) is 0 Å². The number of ketones is 1. The zero-order valence-corrected chi connectivity index (χ0v) is 14.9. The summed E-state index contributed by atoms with van der Waals surface area (Å²) in [5.41, 5.74) is 0.826. The van der Waals surface area contributed by atoms with Crippen molar-refractivity contribution in [2.45, 2.75) is 12.5 Å². The maximum absolute atomic E-state index is 13.8. The van der Waals surface area contributed by atoms with Crippen LogP contribution in [0.25, 0.3) is 5.76 Å². The lowest BCUT2D eigenvalue weighted by atomic mass is 9.95. The molecule has 0 spiro atoms. The van der Waals surface area contributed by atoms with E-state index in [1.165, 1.54) is 23.1 Å². The van der Waals surface area contributed by atoms with E-state index in [1.807, 2.05) is 0 Å². The Morgan fingerprint density at radius 2 is 1.89 bits per heavy atom. The van der Waals surface area contributed by atoms with Crippen LogP contribution < -0.4 is 0 Å². The van der Waals surface area contributed by atoms with Crippen LogP contribution in [0, 0.1) is 5.82 Å². The minimum absolute atomic E-state index is 0.0331. The van der Waals surface area contributed by atoms with Crippen molar-refractivity contribution in [3.05, 3.63) is 77.1 Å². The summed E-state index contributed by atoms with van der Waals surface area (Å²) in [7, 11) is 1.55. The molecule has 140 valence electrons. The number of benzene rings is 2. The summed E-state index contributed by atoms with van der Waals surface area (Å²) in [5, 5.41) is 10.8. The van der Waals surface area contributed by atoms with Gasteiger partial charge in [-0.25, -0.2) is 4.39 Å². The van der Waals surface area contributed by atoms with Gasteiger partial charge in [-0.05, 0) is 24.1 Å². The fourth-order valence-electron chi connectivity index (χ4n) is 3.26. The van der Waals surface area contributed by atoms with Crippen molar-refractivity contribution in [1.82, 2.24) is 4.90 Å². The van der Waals surface area contributed by atoms with Gasteiger partial charge < -0.3 is 14.7 Å². The molecule has 0 aromatic heterocycles. The first-order valence-corrected chi connectivity index (χ1v) is 8.63. The normalized spacial score (nSPS) is 18.9. The van der Waals surface area contributed by atoms with Crippen LogP contribution in [0.1, 0.15) is 23.6 Å². The Bertz CT molecular complexity index is 879. The second kappa shape index (κ2) is 8.14. The lowest BCUT2D eigenvalue weighted by Crippen LogP contribution is -2.31. The number of amides is 1. The third-order valence-corrected chi connectivity index (χ3v) is 4.50. The maximum Gasteiger partial charge on any atom is 0.295 e. The molecule has 1 heterocycles. The smallest absolute Gasteiger partial charge is 0.295 e. The van der Waals surface area contributed by atoms with Crippen molar-refractivity contribution < 1.29 is 23.8 Å². The molecule has 3 rings (SSSR count). The van der Waals surface area contributed by atoms with E-state index in [4.69, 9.17) is 4.74 Å². The maximum atomic E-state index is 13.8. The average molecular weight is 369 g/mol. The van der Waals surface area contributed by atoms with Crippen molar-refractivity contribution in [3.8, 4) is 0 Å². The predicted molar refractivity (Wildman–Crippen MR) is 98.3 cm³/mol. The number of carbonyl (C=O) groups excluding carboxylic acids is 2. The molecular formula is C21H20FNO4. The van der Waals surface area contributed by atoms with Crippen molar-refractivity contribution in [2.24, 2.45) is 0 Å². The van der Waals surface area contributed by atoms with Crippen molar-refractivity contribution in [3.63, 3.8) is 0 Å². The number of likely N-dealkylation sites (tertiary alicyclic amines) is 1.